The van der Waals surface area contributed by atoms with E-state index in [0.717, 1.165) is 23.8 Å². The topological polar surface area (TPSA) is 101 Å². The first kappa shape index (κ1) is 18.2. The number of sulfonamides is 1. The Kier molecular flexibility index (Phi) is 6.91. The van der Waals surface area contributed by atoms with Crippen molar-refractivity contribution < 1.29 is 13.3 Å². The van der Waals surface area contributed by atoms with Crippen molar-refractivity contribution in [3.8, 4) is 0 Å². The van der Waals surface area contributed by atoms with Gasteiger partial charge in [0, 0.05) is 24.4 Å². The molecule has 1 atom stereocenters. The smallest absolute Gasteiger partial charge is 0.304 e. The monoisotopic (exact) mass is 353 g/mol. The third-order valence-electron chi connectivity index (χ3n) is 2.65. The van der Waals surface area contributed by atoms with Crippen LogP contribution in [0.5, 0.6) is 0 Å². The highest BCUT2D eigenvalue weighted by atomic mass is 32.2. The Labute approximate surface area is 132 Å². The summed E-state index contributed by atoms with van der Waals surface area (Å²) in [5.74, 6) is 0. The number of nitrogens with zero attached hydrogens (tertiary/aromatic N) is 1. The Hall–Kier alpha value is -0.840. The van der Waals surface area contributed by atoms with Crippen molar-refractivity contribution in [2.75, 3.05) is 24.7 Å². The van der Waals surface area contributed by atoms with Gasteiger partial charge in [-0.1, -0.05) is 25.2 Å². The van der Waals surface area contributed by atoms with Gasteiger partial charge >= 0.3 is 5.69 Å². The highest BCUT2D eigenvalue weighted by molar-refractivity contribution is 7.99. The van der Waals surface area contributed by atoms with E-state index < -0.39 is 14.9 Å². The lowest BCUT2D eigenvalue weighted by Crippen LogP contribution is -2.28. The van der Waals surface area contributed by atoms with E-state index in [2.05, 4.69) is 10.0 Å². The molecule has 0 bridgehead atoms. The van der Waals surface area contributed by atoms with Crippen LogP contribution >= 0.6 is 23.1 Å². The van der Waals surface area contributed by atoms with E-state index in [1.807, 2.05) is 20.1 Å². The van der Waals surface area contributed by atoms with E-state index in [1.165, 1.54) is 0 Å². The summed E-state index contributed by atoms with van der Waals surface area (Å²) < 4.78 is 26.7. The molecule has 1 unspecified atom stereocenters. The Morgan fingerprint density at radius 1 is 1.52 bits per heavy atom. The molecule has 0 spiro atoms. The molecule has 10 heteroatoms. The zero-order valence-corrected chi connectivity index (χ0v) is 14.5. The standard InChI is InChI=1S/C11H19N3O4S3/c1-4-5-12-11-9(14(15)16)6-10(20-11)21(17,18)13-7-8(2)19-3/h6,8,12-13H,4-5,7H2,1-3H3. The average Bonchev–Trinajstić information content (AvgIpc) is 2.87. The molecule has 0 saturated carbocycles. The first-order chi connectivity index (χ1) is 9.81. The quantitative estimate of drug-likeness (QED) is 0.522. The first-order valence-electron chi connectivity index (χ1n) is 6.36. The Morgan fingerprint density at radius 2 is 2.19 bits per heavy atom. The number of thiophene rings is 1. The van der Waals surface area contributed by atoms with E-state index >= 15 is 0 Å². The summed E-state index contributed by atoms with van der Waals surface area (Å²) >= 11 is 2.42. The fourth-order valence-electron chi connectivity index (χ4n) is 1.37. The van der Waals surface area contributed by atoms with Gasteiger partial charge < -0.3 is 5.32 Å². The Morgan fingerprint density at radius 3 is 2.71 bits per heavy atom. The first-order valence-corrected chi connectivity index (χ1v) is 9.95. The van der Waals surface area contributed by atoms with Gasteiger partial charge in [0.05, 0.1) is 4.92 Å². The van der Waals surface area contributed by atoms with Crippen LogP contribution in [0.3, 0.4) is 0 Å². The zero-order chi connectivity index (χ0) is 16.0. The molecule has 0 radical (unpaired) electrons. The van der Waals surface area contributed by atoms with Gasteiger partial charge in [-0.15, -0.1) is 0 Å². The molecule has 1 aromatic rings. The van der Waals surface area contributed by atoms with Gasteiger partial charge in [-0.2, -0.15) is 11.8 Å². The van der Waals surface area contributed by atoms with Crippen LogP contribution in [0.15, 0.2) is 10.3 Å². The van der Waals surface area contributed by atoms with E-state index in [1.54, 1.807) is 11.8 Å². The summed E-state index contributed by atoms with van der Waals surface area (Å²) in [6, 6.07) is 1.11. The van der Waals surface area contributed by atoms with Crippen molar-refractivity contribution in [2.45, 2.75) is 29.7 Å². The van der Waals surface area contributed by atoms with Crippen molar-refractivity contribution in [1.82, 2.24) is 4.72 Å². The van der Waals surface area contributed by atoms with Crippen molar-refractivity contribution in [3.63, 3.8) is 0 Å². The second-order valence-electron chi connectivity index (χ2n) is 4.36. The molecule has 0 aliphatic rings. The van der Waals surface area contributed by atoms with Gasteiger partial charge in [0.15, 0.2) is 5.00 Å². The van der Waals surface area contributed by atoms with E-state index in [-0.39, 0.29) is 26.7 Å². The molecule has 120 valence electrons. The minimum atomic E-state index is -3.71. The predicted molar refractivity (Wildman–Crippen MR) is 87.9 cm³/mol. The fourth-order valence-corrected chi connectivity index (χ4v) is 4.26. The predicted octanol–water partition coefficient (Wildman–Crippen LogP) is 2.51. The fraction of sp³-hybridized carbons (Fsp3) is 0.636. The van der Waals surface area contributed by atoms with Crippen LogP contribution in [-0.2, 0) is 10.0 Å². The minimum Gasteiger partial charge on any atom is -0.371 e. The SMILES string of the molecule is CCCNc1sc(S(=O)(=O)NCC(C)SC)cc1[N+](=O)[O-]. The summed E-state index contributed by atoms with van der Waals surface area (Å²) in [4.78, 5) is 10.4. The van der Waals surface area contributed by atoms with Gasteiger partial charge in [0.2, 0.25) is 10.0 Å². The lowest BCUT2D eigenvalue weighted by Gasteiger charge is -2.08. The van der Waals surface area contributed by atoms with Crippen LogP contribution in [0.4, 0.5) is 10.7 Å². The van der Waals surface area contributed by atoms with E-state index in [4.69, 9.17) is 0 Å². The molecular weight excluding hydrogens is 334 g/mol. The molecule has 1 heterocycles. The molecule has 0 aliphatic heterocycles. The maximum absolute atomic E-state index is 12.2. The number of anilines is 1. The van der Waals surface area contributed by atoms with Gasteiger partial charge in [-0.3, -0.25) is 10.1 Å². The molecular formula is C11H19N3O4S3. The van der Waals surface area contributed by atoms with Crippen molar-refractivity contribution in [2.24, 2.45) is 0 Å². The molecule has 21 heavy (non-hydrogen) atoms. The highest BCUT2D eigenvalue weighted by Crippen LogP contribution is 2.36. The molecule has 0 aliphatic carbocycles. The Balaban J connectivity index is 2.98. The Bertz CT molecular complexity index is 586. The summed E-state index contributed by atoms with van der Waals surface area (Å²) in [7, 11) is -3.71. The van der Waals surface area contributed by atoms with Crippen LogP contribution < -0.4 is 10.0 Å². The maximum atomic E-state index is 12.2. The second kappa shape index (κ2) is 7.97. The molecule has 0 fully saturated rings. The molecule has 1 rings (SSSR count). The van der Waals surface area contributed by atoms with Crippen molar-refractivity contribution in [3.05, 3.63) is 16.2 Å². The molecule has 0 saturated heterocycles. The van der Waals surface area contributed by atoms with Gasteiger partial charge in [-0.25, -0.2) is 13.1 Å². The largest absolute Gasteiger partial charge is 0.371 e. The molecule has 0 amide bonds. The summed E-state index contributed by atoms with van der Waals surface area (Å²) in [5.41, 5.74) is -0.202. The average molecular weight is 353 g/mol. The zero-order valence-electron chi connectivity index (χ0n) is 12.1. The maximum Gasteiger partial charge on any atom is 0.304 e. The minimum absolute atomic E-state index is 0.0406. The van der Waals surface area contributed by atoms with Gasteiger partial charge in [0.1, 0.15) is 4.21 Å². The van der Waals surface area contributed by atoms with Crippen LogP contribution in [0.1, 0.15) is 20.3 Å². The van der Waals surface area contributed by atoms with Crippen molar-refractivity contribution in [1.29, 1.82) is 0 Å². The van der Waals surface area contributed by atoms with E-state index in [9.17, 15) is 18.5 Å². The van der Waals surface area contributed by atoms with Gasteiger partial charge in [0.25, 0.3) is 0 Å². The number of hydrogen-bond donors (Lipinski definition) is 2. The van der Waals surface area contributed by atoms with Crippen LogP contribution in [-0.4, -0.2) is 37.9 Å². The molecule has 2 N–H and O–H groups in total. The third-order valence-corrected chi connectivity index (χ3v) is 6.60. The van der Waals surface area contributed by atoms with Crippen LogP contribution in [0.2, 0.25) is 0 Å². The number of nitrogens with one attached hydrogen (secondary N) is 2. The lowest BCUT2D eigenvalue weighted by molar-refractivity contribution is -0.383. The summed E-state index contributed by atoms with van der Waals surface area (Å²) in [6.45, 7) is 4.67. The summed E-state index contributed by atoms with van der Waals surface area (Å²) in [5, 5.41) is 14.3. The number of hydrogen-bond acceptors (Lipinski definition) is 7. The van der Waals surface area contributed by atoms with Crippen LogP contribution in [0, 0.1) is 10.1 Å². The van der Waals surface area contributed by atoms with Crippen molar-refractivity contribution >= 4 is 43.8 Å². The third kappa shape index (κ3) is 5.13. The highest BCUT2D eigenvalue weighted by Gasteiger charge is 2.26. The van der Waals surface area contributed by atoms with Crippen LogP contribution in [0.25, 0.3) is 0 Å². The second-order valence-corrected chi connectivity index (χ2v) is 8.68. The molecule has 1 aromatic heterocycles. The van der Waals surface area contributed by atoms with E-state index in [0.29, 0.717) is 6.54 Å². The summed E-state index contributed by atoms with van der Waals surface area (Å²) in [6.07, 6.45) is 2.68. The number of rotatable bonds is 9. The van der Waals surface area contributed by atoms with Gasteiger partial charge in [-0.05, 0) is 12.7 Å². The lowest BCUT2D eigenvalue weighted by atomic mass is 10.4. The molecule has 0 aromatic carbocycles. The normalized spacial score (nSPS) is 13.1. The number of nitro groups is 1. The number of thioether (sulfide) groups is 1. The molecule has 7 nitrogen and oxygen atoms in total.